The molecule has 0 aliphatic heterocycles. The van der Waals surface area contributed by atoms with E-state index < -0.39 is 0 Å². The fourth-order valence-corrected chi connectivity index (χ4v) is 2.95. The van der Waals surface area contributed by atoms with E-state index in [4.69, 9.17) is 9.68 Å². The van der Waals surface area contributed by atoms with Gasteiger partial charge in [0, 0.05) is 34.7 Å². The average Bonchev–Trinajstić information content (AvgIpc) is 2.76. The van der Waals surface area contributed by atoms with Gasteiger partial charge in [-0.2, -0.15) is 5.26 Å². The Morgan fingerprint density at radius 2 is 2.20 bits per heavy atom. The number of nitrogens with zero attached hydrogens (tertiary/aromatic N) is 1. The highest BCUT2D eigenvalue weighted by molar-refractivity contribution is 14.1. The van der Waals surface area contributed by atoms with E-state index in [1.807, 2.05) is 28.7 Å². The average molecular weight is 449 g/mol. The number of rotatable bonds is 3. The van der Waals surface area contributed by atoms with E-state index in [0.29, 0.717) is 9.53 Å². The van der Waals surface area contributed by atoms with Crippen molar-refractivity contribution >= 4 is 50.5 Å². The molecule has 20 heavy (non-hydrogen) atoms. The highest BCUT2D eigenvalue weighted by atomic mass is 127. The molecule has 0 aromatic carbocycles. The molecule has 0 radical (unpaired) electrons. The summed E-state index contributed by atoms with van der Waals surface area (Å²) in [4.78, 5) is 12.1. The fourth-order valence-electron chi connectivity index (χ4n) is 2.24. The molecule has 1 amide bonds. The van der Waals surface area contributed by atoms with Gasteiger partial charge in [-0.25, -0.2) is 0 Å². The van der Waals surface area contributed by atoms with E-state index in [1.165, 1.54) is 12.5 Å². The third kappa shape index (κ3) is 4.09. The number of carbonyl (C=O) groups is 1. The molecule has 1 aromatic rings. The maximum absolute atomic E-state index is 12.1. The summed E-state index contributed by atoms with van der Waals surface area (Å²) in [5.41, 5.74) is 0.0771. The van der Waals surface area contributed by atoms with Gasteiger partial charge in [0.1, 0.15) is 17.4 Å². The van der Waals surface area contributed by atoms with Crippen molar-refractivity contribution in [3.05, 3.63) is 25.6 Å². The smallest absolute Gasteiger partial charge is 0.262 e. The van der Waals surface area contributed by atoms with E-state index in [1.54, 1.807) is 6.07 Å². The lowest BCUT2D eigenvalue weighted by molar-refractivity contribution is -0.117. The standard InChI is InChI=1S/C14H14BrIN2O2/c15-12-7-11(20-13(12)16)6-9(8-17)14(19)18-10-4-2-1-3-5-10/h6-7,10H,1-5H2,(H,18,19)/b9-6+. The number of nitriles is 1. The molecule has 0 atom stereocenters. The van der Waals surface area contributed by atoms with Crippen LogP contribution < -0.4 is 5.32 Å². The predicted molar refractivity (Wildman–Crippen MR) is 87.7 cm³/mol. The van der Waals surface area contributed by atoms with Gasteiger partial charge in [-0.05, 0) is 34.8 Å². The van der Waals surface area contributed by atoms with Crippen LogP contribution in [0.4, 0.5) is 0 Å². The van der Waals surface area contributed by atoms with Gasteiger partial charge >= 0.3 is 0 Å². The Bertz CT molecular complexity index is 549. The van der Waals surface area contributed by atoms with Gasteiger partial charge in [-0.15, -0.1) is 0 Å². The third-order valence-corrected chi connectivity index (χ3v) is 5.39. The molecule has 106 valence electrons. The predicted octanol–water partition coefficient (Wildman–Crippen LogP) is 4.00. The van der Waals surface area contributed by atoms with Crippen molar-refractivity contribution < 1.29 is 9.21 Å². The van der Waals surface area contributed by atoms with E-state index in [-0.39, 0.29) is 17.5 Å². The molecule has 1 aliphatic rings. The Hall–Kier alpha value is -0.810. The molecular weight excluding hydrogens is 435 g/mol. The lowest BCUT2D eigenvalue weighted by Gasteiger charge is -2.22. The molecule has 1 aromatic heterocycles. The third-order valence-electron chi connectivity index (χ3n) is 3.26. The molecular formula is C14H14BrIN2O2. The zero-order chi connectivity index (χ0) is 14.5. The SMILES string of the molecule is N#C/C(=C\c1cc(Br)c(I)o1)C(=O)NC1CCCCC1. The first-order valence-corrected chi connectivity index (χ1v) is 8.35. The van der Waals surface area contributed by atoms with Crippen LogP contribution in [0.3, 0.4) is 0 Å². The molecule has 0 saturated heterocycles. The normalized spacial score (nSPS) is 16.8. The zero-order valence-electron chi connectivity index (χ0n) is 10.8. The molecule has 1 heterocycles. The Labute approximate surface area is 139 Å². The topological polar surface area (TPSA) is 66.0 Å². The summed E-state index contributed by atoms with van der Waals surface area (Å²) in [6.07, 6.45) is 6.97. The zero-order valence-corrected chi connectivity index (χ0v) is 14.5. The molecule has 1 saturated carbocycles. The molecule has 1 aliphatic carbocycles. The van der Waals surface area contributed by atoms with Crippen LogP contribution in [-0.2, 0) is 4.79 Å². The highest BCUT2D eigenvalue weighted by Crippen LogP contribution is 2.24. The summed E-state index contributed by atoms with van der Waals surface area (Å²) in [7, 11) is 0. The van der Waals surface area contributed by atoms with Crippen molar-refractivity contribution in [2.24, 2.45) is 0 Å². The molecule has 0 bridgehead atoms. The Morgan fingerprint density at radius 3 is 2.75 bits per heavy atom. The number of amides is 1. The fraction of sp³-hybridized carbons (Fsp3) is 0.429. The van der Waals surface area contributed by atoms with Gasteiger partial charge in [0.15, 0.2) is 3.77 Å². The number of hydrogen-bond acceptors (Lipinski definition) is 3. The second-order valence-electron chi connectivity index (χ2n) is 4.75. The van der Waals surface area contributed by atoms with Crippen LogP contribution in [-0.4, -0.2) is 11.9 Å². The minimum Gasteiger partial charge on any atom is -0.450 e. The van der Waals surface area contributed by atoms with Gasteiger partial charge in [0.2, 0.25) is 0 Å². The molecule has 6 heteroatoms. The van der Waals surface area contributed by atoms with Crippen molar-refractivity contribution in [2.75, 3.05) is 0 Å². The maximum Gasteiger partial charge on any atom is 0.262 e. The van der Waals surface area contributed by atoms with Crippen LogP contribution in [0.1, 0.15) is 37.9 Å². The Morgan fingerprint density at radius 1 is 1.50 bits per heavy atom. The quantitative estimate of drug-likeness (QED) is 0.431. The highest BCUT2D eigenvalue weighted by Gasteiger charge is 2.18. The van der Waals surface area contributed by atoms with Gasteiger partial charge in [0.25, 0.3) is 5.91 Å². The lowest BCUT2D eigenvalue weighted by Crippen LogP contribution is -2.36. The number of hydrogen-bond donors (Lipinski definition) is 1. The first-order chi connectivity index (χ1) is 9.60. The second kappa shape index (κ2) is 7.27. The number of halogens is 2. The largest absolute Gasteiger partial charge is 0.450 e. The van der Waals surface area contributed by atoms with E-state index in [9.17, 15) is 4.79 Å². The summed E-state index contributed by atoms with van der Waals surface area (Å²) in [5.74, 6) is 0.179. The molecule has 4 nitrogen and oxygen atoms in total. The second-order valence-corrected chi connectivity index (χ2v) is 6.58. The van der Waals surface area contributed by atoms with Crippen molar-refractivity contribution in [1.29, 1.82) is 5.26 Å². The van der Waals surface area contributed by atoms with Crippen LogP contribution in [0.5, 0.6) is 0 Å². The molecule has 1 fully saturated rings. The van der Waals surface area contributed by atoms with Crippen molar-refractivity contribution in [3.63, 3.8) is 0 Å². The Kier molecular flexibility index (Phi) is 5.66. The molecule has 1 N–H and O–H groups in total. The van der Waals surface area contributed by atoms with Crippen LogP contribution in [0, 0.1) is 15.1 Å². The number of carbonyl (C=O) groups excluding carboxylic acids is 1. The van der Waals surface area contributed by atoms with Crippen LogP contribution >= 0.6 is 38.5 Å². The summed E-state index contributed by atoms with van der Waals surface area (Å²) >= 11 is 5.37. The van der Waals surface area contributed by atoms with Crippen molar-refractivity contribution in [2.45, 2.75) is 38.1 Å². The lowest BCUT2D eigenvalue weighted by atomic mass is 9.95. The van der Waals surface area contributed by atoms with Crippen LogP contribution in [0.2, 0.25) is 0 Å². The van der Waals surface area contributed by atoms with Gasteiger partial charge < -0.3 is 9.73 Å². The van der Waals surface area contributed by atoms with Gasteiger partial charge in [-0.3, -0.25) is 4.79 Å². The first kappa shape index (κ1) is 15.6. The summed E-state index contributed by atoms with van der Waals surface area (Å²) in [6.45, 7) is 0. The monoisotopic (exact) mass is 448 g/mol. The van der Waals surface area contributed by atoms with Gasteiger partial charge in [-0.1, -0.05) is 19.3 Å². The summed E-state index contributed by atoms with van der Waals surface area (Å²) in [6, 6.07) is 3.87. The minimum absolute atomic E-state index is 0.0771. The molecule has 0 unspecified atom stereocenters. The van der Waals surface area contributed by atoms with Crippen LogP contribution in [0.25, 0.3) is 6.08 Å². The maximum atomic E-state index is 12.1. The van der Waals surface area contributed by atoms with Gasteiger partial charge in [0.05, 0.1) is 4.47 Å². The van der Waals surface area contributed by atoms with Crippen molar-refractivity contribution in [1.82, 2.24) is 5.32 Å². The van der Waals surface area contributed by atoms with Crippen molar-refractivity contribution in [3.8, 4) is 6.07 Å². The van der Waals surface area contributed by atoms with E-state index >= 15 is 0 Å². The van der Waals surface area contributed by atoms with E-state index in [0.717, 1.165) is 30.2 Å². The van der Waals surface area contributed by atoms with Crippen LogP contribution in [0.15, 0.2) is 20.5 Å². The minimum atomic E-state index is -0.318. The Balaban J connectivity index is 2.07. The first-order valence-electron chi connectivity index (χ1n) is 6.47. The number of furan rings is 1. The van der Waals surface area contributed by atoms with E-state index in [2.05, 4.69) is 21.2 Å². The number of nitrogens with one attached hydrogen (secondary N) is 1. The summed E-state index contributed by atoms with van der Waals surface area (Å²) in [5, 5.41) is 12.1. The molecule has 2 rings (SSSR count). The summed E-state index contributed by atoms with van der Waals surface area (Å²) < 4.78 is 6.93. The molecule has 0 spiro atoms.